The van der Waals surface area contributed by atoms with Crippen LogP contribution in [-0.2, 0) is 10.8 Å². The number of rotatable bonds is 10. The number of hydrogen-bond donors (Lipinski definition) is 1. The zero-order chi connectivity index (χ0) is 52.0. The van der Waals surface area contributed by atoms with E-state index in [1.165, 1.54) is 83.1 Å². The van der Waals surface area contributed by atoms with E-state index in [2.05, 4.69) is 311 Å². The fraction of sp³-hybridized carbons (Fsp3) is 0.111. The highest BCUT2D eigenvalue weighted by atomic mass is 15.2. The van der Waals surface area contributed by atoms with E-state index in [4.69, 9.17) is 0 Å². The Morgan fingerprint density at radius 3 is 1.46 bits per heavy atom. The molecule has 76 heavy (non-hydrogen) atoms. The van der Waals surface area contributed by atoms with Crippen molar-refractivity contribution in [2.45, 2.75) is 52.4 Å². The number of fused-ring (bicyclic) bond motifs is 4. The van der Waals surface area contributed by atoms with Gasteiger partial charge in [0, 0.05) is 56.4 Å². The maximum absolute atomic E-state index is 3.96. The second-order valence-electron chi connectivity index (χ2n) is 22.3. The highest BCUT2D eigenvalue weighted by molar-refractivity contribution is 6.74. The van der Waals surface area contributed by atoms with Crippen LogP contribution in [0.5, 0.6) is 0 Å². The summed E-state index contributed by atoms with van der Waals surface area (Å²) in [4.78, 5) is 4.91. The van der Waals surface area contributed by atoms with E-state index in [9.17, 15) is 0 Å². The van der Waals surface area contributed by atoms with Crippen molar-refractivity contribution in [3.63, 3.8) is 0 Å². The van der Waals surface area contributed by atoms with Gasteiger partial charge < -0.3 is 15.1 Å². The molecule has 0 radical (unpaired) electrons. The third kappa shape index (κ3) is 9.48. The molecule has 0 bridgehead atoms. The van der Waals surface area contributed by atoms with E-state index < -0.39 is 0 Å². The summed E-state index contributed by atoms with van der Waals surface area (Å²) in [6.45, 7) is 13.7. The molecule has 0 saturated heterocycles. The SMILES string of the molecule is CC(C)(C)c1ccc(-c2ccc(N3c4ccc(-c5ccc(C(C)(C)C)cc5)cc4Bc4c(-c5cc(N(c6ccccc6)c6ccccc6)ccc5Nc5ccc(-c6ccccc6)cc5)cc5ccccc5c43)cc2)cc1. The zero-order valence-electron chi connectivity index (χ0n) is 44.4. The number of nitrogens with one attached hydrogen (secondary N) is 1. The molecule has 0 spiro atoms. The zero-order valence-corrected chi connectivity index (χ0v) is 44.4. The molecule has 1 heterocycles. The fourth-order valence-corrected chi connectivity index (χ4v) is 11.0. The van der Waals surface area contributed by atoms with Gasteiger partial charge in [0.25, 0.3) is 0 Å². The lowest BCUT2D eigenvalue weighted by Gasteiger charge is -2.36. The van der Waals surface area contributed by atoms with Crippen molar-refractivity contribution in [3.05, 3.63) is 266 Å². The highest BCUT2D eigenvalue weighted by Gasteiger charge is 2.31. The molecule has 0 unspecified atom stereocenters. The van der Waals surface area contributed by atoms with Crippen LogP contribution < -0.4 is 26.0 Å². The summed E-state index contributed by atoms with van der Waals surface area (Å²) < 4.78 is 0. The van der Waals surface area contributed by atoms with Gasteiger partial charge in [0.1, 0.15) is 0 Å². The molecule has 4 heteroatoms. The Balaban J connectivity index is 1.07. The summed E-state index contributed by atoms with van der Waals surface area (Å²) in [5, 5.41) is 6.36. The van der Waals surface area contributed by atoms with Crippen LogP contribution in [0.25, 0.3) is 55.3 Å². The Bertz CT molecular complexity index is 3800. The number of anilines is 8. The molecule has 0 saturated carbocycles. The van der Waals surface area contributed by atoms with E-state index in [0.717, 1.165) is 47.0 Å². The van der Waals surface area contributed by atoms with E-state index >= 15 is 0 Å². The molecule has 0 aromatic heterocycles. The quantitative estimate of drug-likeness (QED) is 0.138. The van der Waals surface area contributed by atoms with Gasteiger partial charge in [-0.05, 0) is 151 Å². The summed E-state index contributed by atoms with van der Waals surface area (Å²) in [6, 6.07) is 93.8. The molecule has 0 aliphatic carbocycles. The van der Waals surface area contributed by atoms with E-state index in [1.807, 2.05) is 0 Å². The standard InChI is InChI=1S/C72H62BN3/c1-71(2,3)56-35-26-50(27-36-56)52-32-41-61(42-33-52)76-68-45-34-54(53-28-37-57(38-29-53)72(4,5)6)47-66(68)73-69-65(46-55-20-16-17-25-63(55)70(69)76)64-48-62(75(59-21-12-8-13-22-59)60-23-14-9-15-24-60)43-44-67(64)74-58-39-30-51(31-40-58)49-18-10-7-11-19-49/h7-48,73-74H,1-6H3. The van der Waals surface area contributed by atoms with Crippen LogP contribution in [0.2, 0.25) is 0 Å². The third-order valence-corrected chi connectivity index (χ3v) is 15.2. The van der Waals surface area contributed by atoms with Crippen molar-refractivity contribution in [3.8, 4) is 44.5 Å². The Morgan fingerprint density at radius 1 is 0.395 bits per heavy atom. The number of nitrogens with zero attached hydrogens (tertiary/aromatic N) is 2. The van der Waals surface area contributed by atoms with Crippen LogP contribution in [0.15, 0.2) is 255 Å². The minimum Gasteiger partial charge on any atom is -0.355 e. The monoisotopic (exact) mass is 980 g/mol. The Morgan fingerprint density at radius 2 is 0.882 bits per heavy atom. The first-order valence-corrected chi connectivity index (χ1v) is 26.7. The summed E-state index contributed by atoms with van der Waals surface area (Å²) in [5.74, 6) is 0. The maximum Gasteiger partial charge on any atom is 0.198 e. The van der Waals surface area contributed by atoms with E-state index in [0.29, 0.717) is 0 Å². The van der Waals surface area contributed by atoms with Gasteiger partial charge in [-0.2, -0.15) is 0 Å². The molecule has 0 atom stereocenters. The van der Waals surface area contributed by atoms with Crippen molar-refractivity contribution in [1.82, 2.24) is 0 Å². The molecular weight excluding hydrogens is 918 g/mol. The van der Waals surface area contributed by atoms with Gasteiger partial charge in [-0.1, -0.05) is 223 Å². The average Bonchev–Trinajstić information content (AvgIpc) is 3.46. The summed E-state index contributed by atoms with van der Waals surface area (Å²) in [5.41, 5.74) is 23.7. The van der Waals surface area contributed by atoms with Crippen molar-refractivity contribution in [1.29, 1.82) is 0 Å². The molecule has 11 aromatic rings. The first-order chi connectivity index (χ1) is 36.9. The normalized spacial score (nSPS) is 12.2. The number of hydrogen-bond acceptors (Lipinski definition) is 3. The Kier molecular flexibility index (Phi) is 12.5. The molecule has 0 fully saturated rings. The average molecular weight is 980 g/mol. The smallest absolute Gasteiger partial charge is 0.198 e. The summed E-state index contributed by atoms with van der Waals surface area (Å²) in [7, 11) is 0.740. The van der Waals surface area contributed by atoms with Gasteiger partial charge in [-0.25, -0.2) is 0 Å². The second kappa shape index (κ2) is 19.8. The molecule has 0 amide bonds. The molecule has 1 aliphatic heterocycles. The lowest BCUT2D eigenvalue weighted by atomic mass is 9.57. The van der Waals surface area contributed by atoms with Gasteiger partial charge in [0.2, 0.25) is 0 Å². The first-order valence-electron chi connectivity index (χ1n) is 26.7. The lowest BCUT2D eigenvalue weighted by Crippen LogP contribution is -2.41. The molecular formula is C72H62BN3. The van der Waals surface area contributed by atoms with Crippen LogP contribution in [-0.4, -0.2) is 7.28 Å². The molecule has 11 aromatic carbocycles. The molecule has 12 rings (SSSR count). The van der Waals surface area contributed by atoms with E-state index in [1.54, 1.807) is 0 Å². The second-order valence-corrected chi connectivity index (χ2v) is 22.3. The van der Waals surface area contributed by atoms with Gasteiger partial charge in [-0.15, -0.1) is 0 Å². The molecule has 1 N–H and O–H groups in total. The lowest BCUT2D eigenvalue weighted by molar-refractivity contribution is 0.590. The third-order valence-electron chi connectivity index (χ3n) is 15.2. The van der Waals surface area contributed by atoms with Crippen LogP contribution in [0, 0.1) is 0 Å². The topological polar surface area (TPSA) is 18.5 Å². The predicted octanol–water partition coefficient (Wildman–Crippen LogP) is 18.5. The molecule has 368 valence electrons. The van der Waals surface area contributed by atoms with Crippen molar-refractivity contribution >= 4 is 74.5 Å². The highest BCUT2D eigenvalue weighted by Crippen LogP contribution is 2.46. The minimum atomic E-state index is 0.0685. The minimum absolute atomic E-state index is 0.0685. The number of benzene rings is 11. The van der Waals surface area contributed by atoms with Crippen molar-refractivity contribution in [2.24, 2.45) is 0 Å². The van der Waals surface area contributed by atoms with Gasteiger partial charge in [0.05, 0.1) is 0 Å². The maximum atomic E-state index is 3.96. The summed E-state index contributed by atoms with van der Waals surface area (Å²) >= 11 is 0. The van der Waals surface area contributed by atoms with Crippen LogP contribution >= 0.6 is 0 Å². The van der Waals surface area contributed by atoms with Crippen molar-refractivity contribution < 1.29 is 0 Å². The molecule has 1 aliphatic rings. The van der Waals surface area contributed by atoms with Gasteiger partial charge in [-0.3, -0.25) is 0 Å². The largest absolute Gasteiger partial charge is 0.355 e. The van der Waals surface area contributed by atoms with Gasteiger partial charge in [0.15, 0.2) is 7.28 Å². The Labute approximate surface area is 450 Å². The summed E-state index contributed by atoms with van der Waals surface area (Å²) in [6.07, 6.45) is 0. The Hall–Kier alpha value is -8.86. The van der Waals surface area contributed by atoms with Crippen LogP contribution in [0.4, 0.5) is 45.5 Å². The first kappa shape index (κ1) is 48.1. The van der Waals surface area contributed by atoms with Gasteiger partial charge >= 0.3 is 0 Å². The van der Waals surface area contributed by atoms with Crippen molar-refractivity contribution in [2.75, 3.05) is 15.1 Å². The van der Waals surface area contributed by atoms with E-state index in [-0.39, 0.29) is 10.8 Å². The van der Waals surface area contributed by atoms with Crippen LogP contribution in [0.1, 0.15) is 52.7 Å². The predicted molar refractivity (Wildman–Crippen MR) is 329 cm³/mol. The molecule has 3 nitrogen and oxygen atoms in total. The van der Waals surface area contributed by atoms with Crippen LogP contribution in [0.3, 0.4) is 0 Å². The number of para-hydroxylation sites is 2. The fourth-order valence-electron chi connectivity index (χ4n) is 11.0.